The second-order valence-electron chi connectivity index (χ2n) is 7.20. The standard InChI is InChI=1S/C23H26N2O5/c1-5-29-23(28)20-13(2)21(25-14(20)3)22(27)15(4)30-19(26)11-10-16-12-24-18-9-7-6-8-17(16)18/h6-9,12,15,24-25H,5,10-11H2,1-4H3/t15-/m0/s1. The Kier molecular flexibility index (Phi) is 6.40. The first-order valence-electron chi connectivity index (χ1n) is 9.98. The quantitative estimate of drug-likeness (QED) is 0.431. The number of hydrogen-bond acceptors (Lipinski definition) is 5. The van der Waals surface area contributed by atoms with Crippen LogP contribution in [-0.4, -0.2) is 40.4 Å². The van der Waals surface area contributed by atoms with Gasteiger partial charge in [0.05, 0.1) is 17.9 Å². The van der Waals surface area contributed by atoms with Gasteiger partial charge in [-0.25, -0.2) is 4.79 Å². The fourth-order valence-corrected chi connectivity index (χ4v) is 3.59. The Labute approximate surface area is 174 Å². The average Bonchev–Trinajstić information content (AvgIpc) is 3.26. The zero-order valence-electron chi connectivity index (χ0n) is 17.6. The number of H-pyrrole nitrogens is 2. The maximum absolute atomic E-state index is 12.8. The van der Waals surface area contributed by atoms with Gasteiger partial charge in [-0.15, -0.1) is 0 Å². The minimum Gasteiger partial charge on any atom is -0.462 e. The average molecular weight is 410 g/mol. The van der Waals surface area contributed by atoms with Crippen molar-refractivity contribution < 1.29 is 23.9 Å². The summed E-state index contributed by atoms with van der Waals surface area (Å²) in [5, 5.41) is 1.07. The molecule has 7 nitrogen and oxygen atoms in total. The summed E-state index contributed by atoms with van der Waals surface area (Å²) in [4.78, 5) is 43.3. The van der Waals surface area contributed by atoms with E-state index in [1.165, 1.54) is 6.92 Å². The van der Waals surface area contributed by atoms with Gasteiger partial charge in [0.2, 0.25) is 5.78 Å². The van der Waals surface area contributed by atoms with Gasteiger partial charge in [-0.05, 0) is 51.3 Å². The number of Topliss-reactive ketones (excluding diaryl/α,β-unsaturated/α-hetero) is 1. The number of benzene rings is 1. The van der Waals surface area contributed by atoms with E-state index in [0.29, 0.717) is 23.2 Å². The smallest absolute Gasteiger partial charge is 0.340 e. The predicted octanol–water partition coefficient (Wildman–Crippen LogP) is 4.04. The molecule has 2 heterocycles. The van der Waals surface area contributed by atoms with Crippen molar-refractivity contribution in [2.24, 2.45) is 0 Å². The summed E-state index contributed by atoms with van der Waals surface area (Å²) >= 11 is 0. The Morgan fingerprint density at radius 3 is 2.60 bits per heavy atom. The summed E-state index contributed by atoms with van der Waals surface area (Å²) in [5.41, 5.74) is 3.69. The van der Waals surface area contributed by atoms with Crippen LogP contribution in [0.1, 0.15) is 57.9 Å². The maximum Gasteiger partial charge on any atom is 0.340 e. The molecule has 0 aliphatic rings. The van der Waals surface area contributed by atoms with Crippen LogP contribution < -0.4 is 0 Å². The molecule has 1 atom stereocenters. The first-order valence-corrected chi connectivity index (χ1v) is 9.98. The largest absolute Gasteiger partial charge is 0.462 e. The molecule has 0 spiro atoms. The SMILES string of the molecule is CCOC(=O)c1c(C)[nH]c(C(=O)[C@H](C)OC(=O)CCc2c[nH]c3ccccc23)c1C. The number of aromatic amines is 2. The number of ether oxygens (including phenoxy) is 2. The molecule has 0 radical (unpaired) electrons. The van der Waals surface area contributed by atoms with Crippen LogP contribution in [0.3, 0.4) is 0 Å². The number of esters is 2. The molecule has 0 amide bonds. The van der Waals surface area contributed by atoms with Gasteiger partial charge in [-0.3, -0.25) is 9.59 Å². The lowest BCUT2D eigenvalue weighted by Crippen LogP contribution is -2.25. The van der Waals surface area contributed by atoms with Crippen molar-refractivity contribution >= 4 is 28.6 Å². The van der Waals surface area contributed by atoms with Crippen molar-refractivity contribution in [2.45, 2.75) is 46.6 Å². The summed E-state index contributed by atoms with van der Waals surface area (Å²) in [5.74, 6) is -1.31. The van der Waals surface area contributed by atoms with Gasteiger partial charge >= 0.3 is 11.9 Å². The molecular formula is C23H26N2O5. The van der Waals surface area contributed by atoms with E-state index >= 15 is 0 Å². The number of nitrogens with one attached hydrogen (secondary N) is 2. The molecule has 1 aromatic carbocycles. The van der Waals surface area contributed by atoms with Crippen LogP contribution in [0, 0.1) is 13.8 Å². The normalized spacial score (nSPS) is 12.0. The highest BCUT2D eigenvalue weighted by molar-refractivity contribution is 6.04. The van der Waals surface area contributed by atoms with Crippen LogP contribution in [0.5, 0.6) is 0 Å². The lowest BCUT2D eigenvalue weighted by molar-refractivity contribution is -0.146. The van der Waals surface area contributed by atoms with Crippen molar-refractivity contribution in [1.29, 1.82) is 0 Å². The van der Waals surface area contributed by atoms with Gasteiger partial charge < -0.3 is 19.4 Å². The molecule has 7 heteroatoms. The van der Waals surface area contributed by atoms with Crippen LogP contribution in [-0.2, 0) is 20.7 Å². The molecule has 0 saturated carbocycles. The van der Waals surface area contributed by atoms with Crippen molar-refractivity contribution in [1.82, 2.24) is 9.97 Å². The monoisotopic (exact) mass is 410 g/mol. The molecule has 3 rings (SSSR count). The van der Waals surface area contributed by atoms with Crippen LogP contribution >= 0.6 is 0 Å². The van der Waals surface area contributed by atoms with Crippen molar-refractivity contribution in [3.8, 4) is 0 Å². The van der Waals surface area contributed by atoms with Crippen molar-refractivity contribution in [3.05, 3.63) is 58.5 Å². The van der Waals surface area contributed by atoms with Gasteiger partial charge in [0.1, 0.15) is 0 Å². The van der Waals surface area contributed by atoms with Crippen LogP contribution in [0.15, 0.2) is 30.5 Å². The molecule has 0 aliphatic carbocycles. The van der Waals surface area contributed by atoms with Crippen LogP contribution in [0.25, 0.3) is 10.9 Å². The number of rotatable bonds is 8. The molecule has 158 valence electrons. The third-order valence-electron chi connectivity index (χ3n) is 5.11. The number of aryl methyl sites for hydroxylation is 2. The highest BCUT2D eigenvalue weighted by Crippen LogP contribution is 2.22. The Bertz CT molecular complexity index is 1090. The number of aromatic nitrogens is 2. The van der Waals surface area contributed by atoms with Gasteiger partial charge in [-0.1, -0.05) is 18.2 Å². The molecule has 2 N–H and O–H groups in total. The van der Waals surface area contributed by atoms with E-state index in [0.717, 1.165) is 16.5 Å². The molecule has 30 heavy (non-hydrogen) atoms. The van der Waals surface area contributed by atoms with Crippen molar-refractivity contribution in [3.63, 3.8) is 0 Å². The molecule has 0 aliphatic heterocycles. The first-order chi connectivity index (χ1) is 14.3. The van der Waals surface area contributed by atoms with E-state index in [2.05, 4.69) is 9.97 Å². The fourth-order valence-electron chi connectivity index (χ4n) is 3.59. The Hall–Kier alpha value is -3.35. The van der Waals surface area contributed by atoms with Crippen LogP contribution in [0.2, 0.25) is 0 Å². The van der Waals surface area contributed by atoms with E-state index in [4.69, 9.17) is 9.47 Å². The fraction of sp³-hybridized carbons (Fsp3) is 0.348. The lowest BCUT2D eigenvalue weighted by Gasteiger charge is -2.12. The van der Waals surface area contributed by atoms with Gasteiger partial charge in [0.15, 0.2) is 6.10 Å². The second kappa shape index (κ2) is 8.98. The summed E-state index contributed by atoms with van der Waals surface area (Å²) < 4.78 is 10.4. The zero-order valence-corrected chi connectivity index (χ0v) is 17.6. The number of fused-ring (bicyclic) bond motifs is 1. The Balaban J connectivity index is 1.63. The molecule has 0 saturated heterocycles. The van der Waals surface area contributed by atoms with Crippen molar-refractivity contribution in [2.75, 3.05) is 6.61 Å². The van der Waals surface area contributed by atoms with E-state index in [9.17, 15) is 14.4 Å². The number of hydrogen-bond donors (Lipinski definition) is 2. The minimum absolute atomic E-state index is 0.163. The summed E-state index contributed by atoms with van der Waals surface area (Å²) in [6.45, 7) is 6.88. The topological polar surface area (TPSA) is 101 Å². The predicted molar refractivity (Wildman–Crippen MR) is 113 cm³/mol. The second-order valence-corrected chi connectivity index (χ2v) is 7.20. The van der Waals surface area contributed by atoms with E-state index in [-0.39, 0.29) is 24.5 Å². The molecule has 0 fully saturated rings. The van der Waals surface area contributed by atoms with Gasteiger partial charge in [-0.2, -0.15) is 0 Å². The lowest BCUT2D eigenvalue weighted by atomic mass is 10.1. The van der Waals surface area contributed by atoms with Gasteiger partial charge in [0.25, 0.3) is 0 Å². The highest BCUT2D eigenvalue weighted by Gasteiger charge is 2.27. The Morgan fingerprint density at radius 1 is 1.13 bits per heavy atom. The number of carbonyl (C=O) groups excluding carboxylic acids is 3. The third-order valence-corrected chi connectivity index (χ3v) is 5.11. The van der Waals surface area contributed by atoms with Crippen LogP contribution in [0.4, 0.5) is 0 Å². The number of ketones is 1. The zero-order chi connectivity index (χ0) is 21.8. The molecule has 0 bridgehead atoms. The first kappa shape index (κ1) is 21.4. The number of para-hydroxylation sites is 1. The van der Waals surface area contributed by atoms with E-state index in [1.807, 2.05) is 30.5 Å². The minimum atomic E-state index is -0.965. The molecule has 0 unspecified atom stereocenters. The Morgan fingerprint density at radius 2 is 1.87 bits per heavy atom. The summed E-state index contributed by atoms with van der Waals surface area (Å²) in [6, 6.07) is 7.87. The third kappa shape index (κ3) is 4.30. The van der Waals surface area contributed by atoms with Gasteiger partial charge in [0, 0.05) is 29.2 Å². The summed E-state index contributed by atoms with van der Waals surface area (Å²) in [7, 11) is 0. The molecular weight excluding hydrogens is 384 g/mol. The van der Waals surface area contributed by atoms with E-state index < -0.39 is 18.0 Å². The highest BCUT2D eigenvalue weighted by atomic mass is 16.5. The number of carbonyl (C=O) groups is 3. The summed E-state index contributed by atoms with van der Waals surface area (Å²) in [6.07, 6.45) is 1.59. The molecule has 3 aromatic rings. The maximum atomic E-state index is 12.8. The van der Waals surface area contributed by atoms with E-state index in [1.54, 1.807) is 20.8 Å². The molecule has 2 aromatic heterocycles.